The third kappa shape index (κ3) is 14.4. The van der Waals surface area contributed by atoms with Crippen LogP contribution in [-0.4, -0.2) is 109 Å². The fraction of sp³-hybridized carbons (Fsp3) is 0.405. The van der Waals surface area contributed by atoms with Crippen molar-refractivity contribution < 1.29 is 70.8 Å². The number of nitrogens with zero attached hydrogens (tertiary/aromatic N) is 3. The van der Waals surface area contributed by atoms with Crippen molar-refractivity contribution in [2.75, 3.05) is 19.7 Å². The van der Waals surface area contributed by atoms with E-state index in [2.05, 4.69) is 5.32 Å². The Morgan fingerprint density at radius 3 is 2.05 bits per heavy atom. The van der Waals surface area contributed by atoms with Crippen molar-refractivity contribution in [3.8, 4) is 11.1 Å². The molecule has 336 valence electrons. The monoisotopic (exact) mass is 877 g/mol. The Morgan fingerprint density at radius 2 is 1.50 bits per heavy atom. The number of nitrogens with two attached hydrogens (primary N) is 1. The van der Waals surface area contributed by atoms with E-state index in [9.17, 15) is 56.5 Å². The van der Waals surface area contributed by atoms with Crippen molar-refractivity contribution in [1.29, 1.82) is 0 Å². The molecule has 1 aromatic heterocycles. The fourth-order valence-electron chi connectivity index (χ4n) is 6.56. The van der Waals surface area contributed by atoms with Gasteiger partial charge in [-0.3, -0.25) is 28.9 Å². The quantitative estimate of drug-likeness (QED) is 0.0839. The zero-order valence-corrected chi connectivity index (χ0v) is 34.0. The van der Waals surface area contributed by atoms with Crippen LogP contribution in [0.3, 0.4) is 0 Å². The first kappa shape index (κ1) is 50.1. The van der Waals surface area contributed by atoms with Gasteiger partial charge in [-0.2, -0.15) is 13.2 Å². The number of aromatic nitrogens is 1. The largest absolute Gasteiger partial charge is 0.490 e. The molecule has 0 bridgehead atoms. The molecule has 3 atom stereocenters. The summed E-state index contributed by atoms with van der Waals surface area (Å²) in [5.74, 6) is -8.20. The second kappa shape index (κ2) is 22.0. The standard InChI is InChI=1S/C40H47F2N5O8.C2HF3O2/c1-40(2,3)37(33-20-26(29-21-27(41)11-13-30(29)42)23-45(33)22-25-8-5-4-6-9-25)47(36(52)24-48)19-17-31(43)38(53)44-32(39(54)55)14-12-28(49)10-7-18-46-34(50)15-16-35(46)51;3-2(4,5)1(6)7/h4-6,8-9,11,13,15-16,20-21,23,31-32,37,48H,7,10,12,14,17-19,22,24,43H2,1-3H3,(H,44,53)(H,54,55);(H,6,7)/t31-,32-,37-;/m0./s1. The second-order valence-electron chi connectivity index (χ2n) is 15.3. The van der Waals surface area contributed by atoms with Gasteiger partial charge in [-0.05, 0) is 54.5 Å². The summed E-state index contributed by atoms with van der Waals surface area (Å²) >= 11 is 0. The topological polar surface area (TPSA) is 230 Å². The van der Waals surface area contributed by atoms with Gasteiger partial charge < -0.3 is 35.8 Å². The van der Waals surface area contributed by atoms with E-state index in [0.29, 0.717) is 17.8 Å². The van der Waals surface area contributed by atoms with Crippen LogP contribution in [0.25, 0.3) is 11.1 Å². The number of imide groups is 1. The minimum Gasteiger partial charge on any atom is -0.480 e. The van der Waals surface area contributed by atoms with Crippen LogP contribution in [-0.2, 0) is 40.1 Å². The van der Waals surface area contributed by atoms with Crippen LogP contribution in [0.5, 0.6) is 0 Å². The first-order valence-electron chi connectivity index (χ1n) is 19.2. The number of alkyl halides is 3. The molecule has 1 aliphatic heterocycles. The number of halogens is 5. The van der Waals surface area contributed by atoms with Crippen molar-refractivity contribution in [3.05, 3.63) is 95.8 Å². The molecule has 0 saturated carbocycles. The molecule has 0 saturated heterocycles. The molecule has 4 amide bonds. The maximum absolute atomic E-state index is 15.0. The Labute approximate surface area is 353 Å². The average Bonchev–Trinajstić information content (AvgIpc) is 3.75. The number of Topliss-reactive ketones (excluding diaryl/α,β-unsaturated/α-hetero) is 1. The van der Waals surface area contributed by atoms with Crippen LogP contribution in [0.1, 0.15) is 70.2 Å². The maximum Gasteiger partial charge on any atom is 0.490 e. The van der Waals surface area contributed by atoms with Crippen molar-refractivity contribution in [2.24, 2.45) is 11.1 Å². The molecule has 6 N–H and O–H groups in total. The van der Waals surface area contributed by atoms with Crippen LogP contribution in [0.2, 0.25) is 0 Å². The van der Waals surface area contributed by atoms with Gasteiger partial charge >= 0.3 is 18.1 Å². The van der Waals surface area contributed by atoms with Gasteiger partial charge in [0.05, 0.1) is 12.1 Å². The molecule has 1 aliphatic rings. The number of carboxylic acids is 2. The Hall–Kier alpha value is -6.28. The molecule has 3 aromatic rings. The van der Waals surface area contributed by atoms with Crippen molar-refractivity contribution >= 4 is 41.4 Å². The van der Waals surface area contributed by atoms with Crippen LogP contribution in [0.4, 0.5) is 22.0 Å². The Kier molecular flexibility index (Phi) is 17.8. The summed E-state index contributed by atoms with van der Waals surface area (Å²) in [5, 5.41) is 29.3. The number of carbonyl (C=O) groups is 7. The maximum atomic E-state index is 15.0. The summed E-state index contributed by atoms with van der Waals surface area (Å²) < 4.78 is 62.9. The van der Waals surface area contributed by atoms with Gasteiger partial charge in [-0.25, -0.2) is 18.4 Å². The lowest BCUT2D eigenvalue weighted by atomic mass is 9.82. The smallest absolute Gasteiger partial charge is 0.480 e. The molecule has 0 radical (unpaired) electrons. The average molecular weight is 878 g/mol. The second-order valence-corrected chi connectivity index (χ2v) is 15.3. The van der Waals surface area contributed by atoms with Gasteiger partial charge in [0.1, 0.15) is 30.1 Å². The van der Waals surface area contributed by atoms with Crippen molar-refractivity contribution in [1.82, 2.24) is 19.7 Å². The number of carbonyl (C=O) groups excluding carboxylic acids is 5. The molecule has 2 heterocycles. The fourth-order valence-corrected chi connectivity index (χ4v) is 6.56. The zero-order valence-electron chi connectivity index (χ0n) is 34.0. The highest BCUT2D eigenvalue weighted by atomic mass is 19.4. The summed E-state index contributed by atoms with van der Waals surface area (Å²) in [4.78, 5) is 85.8. The normalized spacial score (nSPS) is 14.1. The van der Waals surface area contributed by atoms with Gasteiger partial charge in [0.25, 0.3) is 11.8 Å². The predicted molar refractivity (Wildman–Crippen MR) is 212 cm³/mol. The molecule has 15 nitrogen and oxygen atoms in total. The number of aliphatic carboxylic acids is 2. The summed E-state index contributed by atoms with van der Waals surface area (Å²) in [6.07, 6.45) is -1.52. The van der Waals surface area contributed by atoms with Gasteiger partial charge in [0.15, 0.2) is 0 Å². The Balaban J connectivity index is 0.00000134. The number of aliphatic hydroxyl groups is 1. The third-order valence-corrected chi connectivity index (χ3v) is 9.56. The third-order valence-electron chi connectivity index (χ3n) is 9.56. The molecule has 0 spiro atoms. The highest BCUT2D eigenvalue weighted by Crippen LogP contribution is 2.41. The molecule has 4 rings (SSSR count). The zero-order chi connectivity index (χ0) is 46.5. The number of hydrogen-bond donors (Lipinski definition) is 5. The van der Waals surface area contributed by atoms with Gasteiger partial charge in [0.2, 0.25) is 11.8 Å². The number of rotatable bonds is 19. The molecule has 2 aromatic carbocycles. The Bertz CT molecular complexity index is 2120. The van der Waals surface area contributed by atoms with Crippen LogP contribution in [0, 0.1) is 17.0 Å². The van der Waals surface area contributed by atoms with Crippen molar-refractivity contribution in [3.63, 3.8) is 0 Å². The number of carboxylic acid groups (broad SMARTS) is 2. The molecule has 0 fully saturated rings. The van der Waals surface area contributed by atoms with E-state index in [1.807, 2.05) is 55.7 Å². The number of aliphatic hydroxyl groups excluding tert-OH is 1. The van der Waals surface area contributed by atoms with E-state index < -0.39 is 83.5 Å². The highest BCUT2D eigenvalue weighted by Gasteiger charge is 2.39. The van der Waals surface area contributed by atoms with E-state index >= 15 is 4.39 Å². The number of benzene rings is 2. The summed E-state index contributed by atoms with van der Waals surface area (Å²) in [7, 11) is 0. The van der Waals surface area contributed by atoms with Gasteiger partial charge in [-0.1, -0.05) is 51.1 Å². The highest BCUT2D eigenvalue weighted by molar-refractivity contribution is 6.12. The number of nitrogens with one attached hydrogen (secondary N) is 1. The first-order valence-corrected chi connectivity index (χ1v) is 19.2. The lowest BCUT2D eigenvalue weighted by molar-refractivity contribution is -0.192. The van der Waals surface area contributed by atoms with Crippen LogP contribution < -0.4 is 11.1 Å². The summed E-state index contributed by atoms with van der Waals surface area (Å²) in [6.45, 7) is 4.92. The van der Waals surface area contributed by atoms with Crippen LogP contribution >= 0.6 is 0 Å². The minimum absolute atomic E-state index is 0.00603. The summed E-state index contributed by atoms with van der Waals surface area (Å²) in [6, 6.07) is 10.6. The minimum atomic E-state index is -5.08. The number of ketones is 1. The van der Waals surface area contributed by atoms with E-state index in [1.54, 1.807) is 12.3 Å². The first-order chi connectivity index (χ1) is 28.9. The SMILES string of the molecule is CC(C)(C)[C@H](c1cc(-c2cc(F)ccc2F)cn1Cc1ccccc1)N(CC[C@H](N)C(=O)N[C@@H](CCC(=O)CCCN1C(=O)C=CC1=O)C(=O)O)C(=O)CO.O=C(O)C(F)(F)F. The molecular formula is C42H48F5N5O10. The van der Waals surface area contributed by atoms with E-state index in [1.165, 1.54) is 4.90 Å². The summed E-state index contributed by atoms with van der Waals surface area (Å²) in [5.41, 5.74) is 7.31. The number of amides is 4. The molecule has 0 unspecified atom stereocenters. The molecular weight excluding hydrogens is 829 g/mol. The van der Waals surface area contributed by atoms with E-state index in [0.717, 1.165) is 40.8 Å². The molecule has 20 heteroatoms. The van der Waals surface area contributed by atoms with Gasteiger partial charge in [-0.15, -0.1) is 0 Å². The lowest BCUT2D eigenvalue weighted by Gasteiger charge is -2.41. The molecule has 62 heavy (non-hydrogen) atoms. The number of hydrogen-bond acceptors (Lipinski definition) is 9. The Morgan fingerprint density at radius 1 is 0.887 bits per heavy atom. The van der Waals surface area contributed by atoms with Gasteiger partial charge in [0, 0.05) is 67.6 Å². The predicted octanol–water partition coefficient (Wildman–Crippen LogP) is 4.36. The van der Waals surface area contributed by atoms with E-state index in [-0.39, 0.29) is 56.5 Å². The molecule has 0 aliphatic carbocycles. The van der Waals surface area contributed by atoms with E-state index in [4.69, 9.17) is 15.6 Å². The lowest BCUT2D eigenvalue weighted by Crippen LogP contribution is -2.50. The van der Waals surface area contributed by atoms with Crippen LogP contribution in [0.15, 0.2) is 72.9 Å². The van der Waals surface area contributed by atoms with Crippen molar-refractivity contribution in [2.45, 2.75) is 83.7 Å².